The molecule has 0 spiro atoms. The van der Waals surface area contributed by atoms with Gasteiger partial charge in [-0.1, -0.05) is 48.0 Å². The fraction of sp³-hybridized carbons (Fsp3) is 0.0370. The van der Waals surface area contributed by atoms with Crippen molar-refractivity contribution >= 4 is 61.9 Å². The Kier molecular flexibility index (Phi) is 5.40. The number of hydrogen-bond acceptors (Lipinski definition) is 3. The number of nitrogens with zero attached hydrogens (tertiary/aromatic N) is 1. The molecule has 0 fully saturated rings. The molecule has 156 valence electrons. The summed E-state index contributed by atoms with van der Waals surface area (Å²) in [7, 11) is 0. The molecule has 0 aliphatic carbocycles. The molecule has 0 unspecified atom stereocenters. The first-order chi connectivity index (χ1) is 15.7. The van der Waals surface area contributed by atoms with E-state index in [2.05, 4.69) is 47.1 Å². The quantitative estimate of drug-likeness (QED) is 0.205. The first-order valence-electron chi connectivity index (χ1n) is 10.4. The van der Waals surface area contributed by atoms with Gasteiger partial charge >= 0.3 is 0 Å². The van der Waals surface area contributed by atoms with E-state index >= 15 is 0 Å². The number of nitrogens with one attached hydrogen (secondary N) is 3. The van der Waals surface area contributed by atoms with Crippen LogP contribution in [-0.2, 0) is 0 Å². The maximum absolute atomic E-state index is 5.43. The summed E-state index contributed by atoms with van der Waals surface area (Å²) in [5, 5.41) is 12.8. The Balaban J connectivity index is 1.40. The molecule has 4 nitrogen and oxygen atoms in total. The molecule has 1 heterocycles. The lowest BCUT2D eigenvalue weighted by atomic mass is 10.1. The zero-order valence-corrected chi connectivity index (χ0v) is 18.4. The molecular weight excluding hydrogens is 412 g/mol. The van der Waals surface area contributed by atoms with E-state index in [1.807, 2.05) is 72.8 Å². The SMILES string of the molecule is Cc1ccc2nc3ccccc3c(Nc3ccc(NC(=S)Nc4ccccc4)cc3)c2c1. The van der Waals surface area contributed by atoms with Crippen LogP contribution in [-0.4, -0.2) is 10.1 Å². The van der Waals surface area contributed by atoms with Crippen molar-refractivity contribution in [3.05, 3.63) is 103 Å². The van der Waals surface area contributed by atoms with Crippen molar-refractivity contribution in [3.63, 3.8) is 0 Å². The fourth-order valence-electron chi connectivity index (χ4n) is 3.74. The van der Waals surface area contributed by atoms with E-state index < -0.39 is 0 Å². The van der Waals surface area contributed by atoms with Crippen molar-refractivity contribution in [3.8, 4) is 0 Å². The minimum atomic E-state index is 0.554. The Morgan fingerprint density at radius 2 is 1.28 bits per heavy atom. The van der Waals surface area contributed by atoms with Crippen LogP contribution in [0, 0.1) is 6.92 Å². The lowest BCUT2D eigenvalue weighted by Crippen LogP contribution is -2.18. The summed E-state index contributed by atoms with van der Waals surface area (Å²) in [5.41, 5.74) is 7.10. The molecule has 32 heavy (non-hydrogen) atoms. The smallest absolute Gasteiger partial charge is 0.175 e. The van der Waals surface area contributed by atoms with Crippen molar-refractivity contribution in [2.24, 2.45) is 0 Å². The highest BCUT2D eigenvalue weighted by atomic mass is 32.1. The zero-order chi connectivity index (χ0) is 21.9. The highest BCUT2D eigenvalue weighted by Crippen LogP contribution is 2.33. The average Bonchev–Trinajstić information content (AvgIpc) is 2.81. The van der Waals surface area contributed by atoms with Crippen molar-refractivity contribution < 1.29 is 0 Å². The number of fused-ring (bicyclic) bond motifs is 2. The number of para-hydroxylation sites is 2. The number of benzene rings is 4. The first kappa shape index (κ1) is 20.0. The van der Waals surface area contributed by atoms with Gasteiger partial charge in [-0.25, -0.2) is 4.98 Å². The van der Waals surface area contributed by atoms with Gasteiger partial charge in [-0.3, -0.25) is 0 Å². The molecule has 0 amide bonds. The highest BCUT2D eigenvalue weighted by molar-refractivity contribution is 7.80. The van der Waals surface area contributed by atoms with Crippen LogP contribution in [0.2, 0.25) is 0 Å². The molecule has 0 atom stereocenters. The Morgan fingerprint density at radius 1 is 0.656 bits per heavy atom. The van der Waals surface area contributed by atoms with Gasteiger partial charge in [0.05, 0.1) is 16.7 Å². The lowest BCUT2D eigenvalue weighted by molar-refractivity contribution is 1.44. The molecule has 0 radical (unpaired) electrons. The van der Waals surface area contributed by atoms with Gasteiger partial charge < -0.3 is 16.0 Å². The second-order valence-electron chi connectivity index (χ2n) is 7.67. The lowest BCUT2D eigenvalue weighted by Gasteiger charge is -2.15. The van der Waals surface area contributed by atoms with Crippen molar-refractivity contribution in [2.45, 2.75) is 6.92 Å². The second-order valence-corrected chi connectivity index (χ2v) is 8.08. The number of anilines is 4. The molecular formula is C27H22N4S. The van der Waals surface area contributed by atoms with Crippen LogP contribution in [0.15, 0.2) is 97.1 Å². The van der Waals surface area contributed by atoms with Crippen LogP contribution in [0.25, 0.3) is 21.8 Å². The summed E-state index contributed by atoms with van der Waals surface area (Å²) in [6, 6.07) is 32.6. The van der Waals surface area contributed by atoms with Gasteiger partial charge in [-0.05, 0) is 73.7 Å². The van der Waals surface area contributed by atoms with E-state index in [4.69, 9.17) is 17.2 Å². The fourth-order valence-corrected chi connectivity index (χ4v) is 3.97. The second kappa shape index (κ2) is 8.65. The minimum absolute atomic E-state index is 0.554. The zero-order valence-electron chi connectivity index (χ0n) is 17.6. The van der Waals surface area contributed by atoms with E-state index in [-0.39, 0.29) is 0 Å². The summed E-state index contributed by atoms with van der Waals surface area (Å²) in [5.74, 6) is 0. The maximum Gasteiger partial charge on any atom is 0.175 e. The molecule has 1 aromatic heterocycles. The van der Waals surface area contributed by atoms with Crippen LogP contribution in [0.3, 0.4) is 0 Å². The molecule has 0 bridgehead atoms. The van der Waals surface area contributed by atoms with E-state index in [1.165, 1.54) is 5.56 Å². The average molecular weight is 435 g/mol. The number of pyridine rings is 1. The van der Waals surface area contributed by atoms with Gasteiger partial charge in [-0.15, -0.1) is 0 Å². The molecule has 4 aromatic carbocycles. The number of thiocarbonyl (C=S) groups is 1. The molecule has 5 heteroatoms. The summed E-state index contributed by atoms with van der Waals surface area (Å²) < 4.78 is 0. The molecule has 0 saturated carbocycles. The Labute approximate surface area is 192 Å². The summed E-state index contributed by atoms with van der Waals surface area (Å²) >= 11 is 5.43. The minimum Gasteiger partial charge on any atom is -0.354 e. The first-order valence-corrected chi connectivity index (χ1v) is 10.9. The van der Waals surface area contributed by atoms with Crippen molar-refractivity contribution in [2.75, 3.05) is 16.0 Å². The predicted molar refractivity (Wildman–Crippen MR) is 140 cm³/mol. The highest BCUT2D eigenvalue weighted by Gasteiger charge is 2.10. The Hall–Kier alpha value is -3.96. The van der Waals surface area contributed by atoms with Crippen LogP contribution < -0.4 is 16.0 Å². The number of aromatic nitrogens is 1. The molecule has 3 N–H and O–H groups in total. The number of hydrogen-bond donors (Lipinski definition) is 3. The molecule has 0 aliphatic heterocycles. The van der Waals surface area contributed by atoms with Gasteiger partial charge in [-0.2, -0.15) is 0 Å². The molecule has 0 saturated heterocycles. The predicted octanol–water partition coefficient (Wildman–Crippen LogP) is 7.25. The van der Waals surface area contributed by atoms with Gasteiger partial charge in [0.1, 0.15) is 0 Å². The van der Waals surface area contributed by atoms with Gasteiger partial charge in [0.2, 0.25) is 0 Å². The van der Waals surface area contributed by atoms with Gasteiger partial charge in [0.25, 0.3) is 0 Å². The summed E-state index contributed by atoms with van der Waals surface area (Å²) in [6.45, 7) is 2.10. The largest absolute Gasteiger partial charge is 0.354 e. The standard InChI is InChI=1S/C27H22N4S/c1-18-11-16-25-23(17-18)26(22-9-5-6-10-24(22)31-25)28-20-12-14-21(15-13-20)30-27(32)29-19-7-3-2-4-8-19/h2-17H,1H3,(H,28,31)(H2,29,30,32). The van der Waals surface area contributed by atoms with Gasteiger partial charge in [0.15, 0.2) is 5.11 Å². The van der Waals surface area contributed by atoms with Crippen molar-refractivity contribution in [1.82, 2.24) is 4.98 Å². The van der Waals surface area contributed by atoms with Crippen molar-refractivity contribution in [1.29, 1.82) is 0 Å². The monoisotopic (exact) mass is 434 g/mol. The third-order valence-corrected chi connectivity index (χ3v) is 5.48. The number of rotatable bonds is 4. The Bertz CT molecular complexity index is 1410. The van der Waals surface area contributed by atoms with E-state index in [0.29, 0.717) is 5.11 Å². The van der Waals surface area contributed by atoms with Crippen LogP contribution in [0.5, 0.6) is 0 Å². The topological polar surface area (TPSA) is 49.0 Å². The number of aryl methyl sites for hydroxylation is 1. The van der Waals surface area contributed by atoms with Crippen LogP contribution >= 0.6 is 12.2 Å². The van der Waals surface area contributed by atoms with E-state index in [0.717, 1.165) is 44.6 Å². The molecule has 5 aromatic rings. The molecule has 5 rings (SSSR count). The van der Waals surface area contributed by atoms with E-state index in [9.17, 15) is 0 Å². The third-order valence-electron chi connectivity index (χ3n) is 5.28. The van der Waals surface area contributed by atoms with Crippen LogP contribution in [0.4, 0.5) is 22.7 Å². The molecule has 0 aliphatic rings. The third kappa shape index (κ3) is 4.24. The maximum atomic E-state index is 5.43. The summed E-state index contributed by atoms with van der Waals surface area (Å²) in [4.78, 5) is 4.83. The normalized spacial score (nSPS) is 10.8. The van der Waals surface area contributed by atoms with E-state index in [1.54, 1.807) is 0 Å². The summed E-state index contributed by atoms with van der Waals surface area (Å²) in [6.07, 6.45) is 0. The Morgan fingerprint density at radius 3 is 2.06 bits per heavy atom. The van der Waals surface area contributed by atoms with Gasteiger partial charge in [0, 0.05) is 27.8 Å². The van der Waals surface area contributed by atoms with Crippen LogP contribution in [0.1, 0.15) is 5.56 Å².